The highest BCUT2D eigenvalue weighted by Gasteiger charge is 2.00. The van der Waals surface area contributed by atoms with Gasteiger partial charge in [0.1, 0.15) is 0 Å². The van der Waals surface area contributed by atoms with Crippen molar-refractivity contribution in [3.8, 4) is 0 Å². The number of amidine groups is 1. The molecule has 0 atom stereocenters. The molecule has 2 rings (SSSR count). The fourth-order valence-electron chi connectivity index (χ4n) is 1.70. The number of nitrogens with two attached hydrogens (primary N) is 1. The van der Waals surface area contributed by atoms with E-state index in [1.165, 1.54) is 0 Å². The lowest BCUT2D eigenvalue weighted by Gasteiger charge is -2.05. The van der Waals surface area contributed by atoms with Gasteiger partial charge in [-0.05, 0) is 12.5 Å². The van der Waals surface area contributed by atoms with Gasteiger partial charge >= 0.3 is 0 Å². The van der Waals surface area contributed by atoms with Crippen molar-refractivity contribution in [3.05, 3.63) is 59.2 Å². The normalized spacial score (nSPS) is 11.6. The minimum Gasteiger partial charge on any atom is -0.409 e. The molecule has 0 aliphatic rings. The highest BCUT2D eigenvalue weighted by atomic mass is 16.4. The van der Waals surface area contributed by atoms with Crippen LogP contribution in [0.5, 0.6) is 0 Å². The van der Waals surface area contributed by atoms with E-state index in [9.17, 15) is 0 Å². The quantitative estimate of drug-likeness (QED) is 0.328. The van der Waals surface area contributed by atoms with Gasteiger partial charge in [0.15, 0.2) is 5.84 Å². The summed E-state index contributed by atoms with van der Waals surface area (Å²) in [6.07, 6.45) is 3.52. The van der Waals surface area contributed by atoms with Crippen molar-refractivity contribution in [2.75, 3.05) is 0 Å². The maximum Gasteiger partial charge on any atom is 0.170 e. The van der Waals surface area contributed by atoms with Crippen LogP contribution in [0, 0.1) is 6.92 Å². The number of nitrogens with one attached hydrogen (secondary N) is 1. The van der Waals surface area contributed by atoms with Gasteiger partial charge in [0, 0.05) is 31.0 Å². The van der Waals surface area contributed by atoms with Gasteiger partial charge in [0.25, 0.3) is 0 Å². The summed E-state index contributed by atoms with van der Waals surface area (Å²) in [6.45, 7) is 3.29. The van der Waals surface area contributed by atoms with Gasteiger partial charge in [-0.1, -0.05) is 29.4 Å². The van der Waals surface area contributed by atoms with Crippen molar-refractivity contribution >= 4 is 5.84 Å². The largest absolute Gasteiger partial charge is 0.409 e. The smallest absolute Gasteiger partial charge is 0.170 e. The maximum absolute atomic E-state index is 8.58. The van der Waals surface area contributed by atoms with Crippen LogP contribution >= 0.6 is 0 Å². The average Bonchev–Trinajstić information content (AvgIpc) is 2.49. The van der Waals surface area contributed by atoms with E-state index in [2.05, 4.69) is 20.4 Å². The highest BCUT2D eigenvalue weighted by Crippen LogP contribution is 2.04. The molecule has 0 amide bonds. The number of hydrogen-bond acceptors (Lipinski definition) is 5. The van der Waals surface area contributed by atoms with Gasteiger partial charge in [0.2, 0.25) is 0 Å². The van der Waals surface area contributed by atoms with Crippen LogP contribution in [0.1, 0.15) is 22.5 Å². The van der Waals surface area contributed by atoms with Crippen molar-refractivity contribution in [2.24, 2.45) is 10.9 Å². The first-order chi connectivity index (χ1) is 9.69. The lowest BCUT2D eigenvalue weighted by Crippen LogP contribution is -2.15. The number of rotatable bonds is 5. The molecule has 1 aromatic heterocycles. The fraction of sp³-hybridized carbons (Fsp3) is 0.214. The summed E-state index contributed by atoms with van der Waals surface area (Å²) in [4.78, 5) is 8.46. The summed E-state index contributed by atoms with van der Waals surface area (Å²) in [5.74, 6) is 0.111. The van der Waals surface area contributed by atoms with E-state index >= 15 is 0 Å². The van der Waals surface area contributed by atoms with Crippen molar-refractivity contribution in [3.63, 3.8) is 0 Å². The Bertz CT molecular complexity index is 578. The molecule has 0 saturated carbocycles. The number of hydrogen-bond donors (Lipinski definition) is 3. The summed E-state index contributed by atoms with van der Waals surface area (Å²) in [6, 6.07) is 7.50. The Morgan fingerprint density at radius 2 is 1.95 bits per heavy atom. The van der Waals surface area contributed by atoms with E-state index in [-0.39, 0.29) is 5.84 Å². The molecule has 0 aliphatic heterocycles. The van der Waals surface area contributed by atoms with Crippen LogP contribution in [0.25, 0.3) is 0 Å². The first kappa shape index (κ1) is 14.0. The Hall–Kier alpha value is -2.47. The van der Waals surface area contributed by atoms with Crippen molar-refractivity contribution < 1.29 is 5.21 Å². The molecular weight excluding hydrogens is 254 g/mol. The van der Waals surface area contributed by atoms with E-state index in [0.717, 1.165) is 17.0 Å². The fourth-order valence-corrected chi connectivity index (χ4v) is 1.70. The zero-order valence-electron chi connectivity index (χ0n) is 11.2. The van der Waals surface area contributed by atoms with E-state index in [1.54, 1.807) is 12.4 Å². The van der Waals surface area contributed by atoms with Gasteiger partial charge in [-0.2, -0.15) is 0 Å². The van der Waals surface area contributed by atoms with Crippen LogP contribution in [0.3, 0.4) is 0 Å². The van der Waals surface area contributed by atoms with Gasteiger partial charge in [-0.25, -0.2) is 0 Å². The van der Waals surface area contributed by atoms with E-state index in [4.69, 9.17) is 10.9 Å². The standard InChI is InChI=1S/C14H17N5O/c1-10-6-18-13(9-17-10)8-16-7-11-2-4-12(5-3-11)14(15)19-20/h2-6,9,16,20H,7-8H2,1H3,(H2,15,19). The van der Waals surface area contributed by atoms with Crippen molar-refractivity contribution in [1.82, 2.24) is 15.3 Å². The zero-order chi connectivity index (χ0) is 14.4. The third-order valence-electron chi connectivity index (χ3n) is 2.83. The van der Waals surface area contributed by atoms with E-state index < -0.39 is 0 Å². The number of aryl methyl sites for hydroxylation is 1. The molecule has 0 fully saturated rings. The van der Waals surface area contributed by atoms with Crippen LogP contribution in [0.2, 0.25) is 0 Å². The predicted molar refractivity (Wildman–Crippen MR) is 76.3 cm³/mol. The van der Waals surface area contributed by atoms with Crippen LogP contribution in [-0.2, 0) is 13.1 Å². The second kappa shape index (κ2) is 6.63. The van der Waals surface area contributed by atoms with Crippen molar-refractivity contribution in [2.45, 2.75) is 20.0 Å². The molecule has 0 saturated heterocycles. The Balaban J connectivity index is 1.86. The average molecular weight is 271 g/mol. The summed E-state index contributed by atoms with van der Waals surface area (Å²) in [5.41, 5.74) is 9.12. The van der Waals surface area contributed by atoms with Crippen LogP contribution < -0.4 is 11.1 Å². The molecule has 0 aliphatic carbocycles. The molecule has 2 aromatic rings. The Kier molecular flexibility index (Phi) is 4.62. The number of nitrogens with zero attached hydrogens (tertiary/aromatic N) is 3. The lowest BCUT2D eigenvalue weighted by molar-refractivity contribution is 0.318. The van der Waals surface area contributed by atoms with Crippen molar-refractivity contribution in [1.29, 1.82) is 0 Å². The third kappa shape index (κ3) is 3.76. The van der Waals surface area contributed by atoms with Crippen LogP contribution in [0.4, 0.5) is 0 Å². The molecule has 104 valence electrons. The molecule has 0 bridgehead atoms. The minimum atomic E-state index is 0.111. The molecule has 0 spiro atoms. The topological polar surface area (TPSA) is 96.4 Å². The highest BCUT2D eigenvalue weighted by molar-refractivity contribution is 5.96. The number of benzene rings is 1. The Labute approximate surface area is 117 Å². The second-order valence-corrected chi connectivity index (χ2v) is 4.43. The molecule has 0 unspecified atom stereocenters. The molecular formula is C14H17N5O. The van der Waals surface area contributed by atoms with Gasteiger partial charge in [-0.15, -0.1) is 0 Å². The summed E-state index contributed by atoms with van der Waals surface area (Å²) in [7, 11) is 0. The third-order valence-corrected chi connectivity index (χ3v) is 2.83. The van der Waals surface area contributed by atoms with Crippen LogP contribution in [-0.4, -0.2) is 21.0 Å². The summed E-state index contributed by atoms with van der Waals surface area (Å²) in [5, 5.41) is 14.8. The SMILES string of the molecule is Cc1cnc(CNCc2ccc(C(N)=NO)cc2)cn1. The lowest BCUT2D eigenvalue weighted by atomic mass is 10.1. The number of oxime groups is 1. The van der Waals surface area contributed by atoms with Gasteiger partial charge in [-0.3, -0.25) is 9.97 Å². The molecule has 0 radical (unpaired) electrons. The zero-order valence-corrected chi connectivity index (χ0v) is 11.2. The van der Waals surface area contributed by atoms with E-state index in [0.29, 0.717) is 18.7 Å². The molecule has 6 heteroatoms. The monoisotopic (exact) mass is 271 g/mol. The second-order valence-electron chi connectivity index (χ2n) is 4.43. The first-order valence-corrected chi connectivity index (χ1v) is 6.24. The van der Waals surface area contributed by atoms with Crippen LogP contribution in [0.15, 0.2) is 41.8 Å². The van der Waals surface area contributed by atoms with Gasteiger partial charge in [0.05, 0.1) is 11.4 Å². The summed E-state index contributed by atoms with van der Waals surface area (Å²) >= 11 is 0. The number of aromatic nitrogens is 2. The Morgan fingerprint density at radius 3 is 2.55 bits per heavy atom. The predicted octanol–water partition coefficient (Wildman–Crippen LogP) is 1.17. The first-order valence-electron chi connectivity index (χ1n) is 6.24. The molecule has 6 nitrogen and oxygen atoms in total. The molecule has 4 N–H and O–H groups in total. The minimum absolute atomic E-state index is 0.111. The van der Waals surface area contributed by atoms with Gasteiger partial charge < -0.3 is 16.3 Å². The molecule has 20 heavy (non-hydrogen) atoms. The maximum atomic E-state index is 8.58. The van der Waals surface area contributed by atoms with E-state index in [1.807, 2.05) is 31.2 Å². The molecule has 1 heterocycles. The summed E-state index contributed by atoms with van der Waals surface area (Å²) < 4.78 is 0. The Morgan fingerprint density at radius 1 is 1.20 bits per heavy atom. The molecule has 1 aromatic carbocycles.